The minimum Gasteiger partial charge on any atom is -0.480 e. The van der Waals surface area contributed by atoms with Crippen molar-refractivity contribution in [2.24, 2.45) is 0 Å². The zero-order chi connectivity index (χ0) is 16.6. The summed E-state index contributed by atoms with van der Waals surface area (Å²) in [5.41, 5.74) is 0. The summed E-state index contributed by atoms with van der Waals surface area (Å²) < 4.78 is 0. The monoisotopic (exact) mass is 311 g/mol. The first-order chi connectivity index (χ1) is 10.6. The Morgan fingerprint density at radius 1 is 1.00 bits per heavy atom. The summed E-state index contributed by atoms with van der Waals surface area (Å²) >= 11 is 0. The molecule has 1 N–H and O–H groups in total. The molecule has 0 saturated heterocycles. The van der Waals surface area contributed by atoms with Crippen molar-refractivity contribution in [3.05, 3.63) is 12.7 Å². The van der Waals surface area contributed by atoms with Gasteiger partial charge in [-0.1, -0.05) is 51.5 Å². The first-order valence-corrected chi connectivity index (χ1v) is 8.72. The van der Waals surface area contributed by atoms with Crippen molar-refractivity contribution in [3.8, 4) is 0 Å². The maximum Gasteiger partial charge on any atom is 0.323 e. The molecule has 0 aliphatic heterocycles. The van der Waals surface area contributed by atoms with Crippen LogP contribution in [0.25, 0.3) is 0 Å². The van der Waals surface area contributed by atoms with Crippen LogP contribution in [0.3, 0.4) is 0 Å². The second-order valence-electron chi connectivity index (χ2n) is 5.86. The molecule has 0 saturated carbocycles. The highest BCUT2D eigenvalue weighted by Crippen LogP contribution is 2.09. The number of hydrogen-bond acceptors (Lipinski definition) is 2. The van der Waals surface area contributed by atoms with Crippen molar-refractivity contribution < 1.29 is 14.7 Å². The zero-order valence-electron chi connectivity index (χ0n) is 14.2. The molecule has 4 nitrogen and oxygen atoms in total. The number of carboxylic acid groups (broad SMARTS) is 1. The number of carbonyl (C=O) groups is 2. The van der Waals surface area contributed by atoms with E-state index in [9.17, 15) is 9.59 Å². The molecule has 22 heavy (non-hydrogen) atoms. The molecule has 0 heterocycles. The van der Waals surface area contributed by atoms with Gasteiger partial charge in [-0.05, 0) is 25.7 Å². The lowest BCUT2D eigenvalue weighted by molar-refractivity contribution is -0.144. The summed E-state index contributed by atoms with van der Waals surface area (Å²) in [6.45, 7) is 6.25. The van der Waals surface area contributed by atoms with E-state index in [4.69, 9.17) is 5.11 Å². The molecule has 0 rings (SSSR count). The van der Waals surface area contributed by atoms with Gasteiger partial charge in [-0.2, -0.15) is 0 Å². The number of carboxylic acids is 1. The Morgan fingerprint density at radius 3 is 2.23 bits per heavy atom. The van der Waals surface area contributed by atoms with Crippen LogP contribution in [0.5, 0.6) is 0 Å². The van der Waals surface area contributed by atoms with E-state index >= 15 is 0 Å². The van der Waals surface area contributed by atoms with Gasteiger partial charge in [0.15, 0.2) is 0 Å². The molecule has 0 bridgehead atoms. The van der Waals surface area contributed by atoms with Crippen LogP contribution in [-0.2, 0) is 9.59 Å². The largest absolute Gasteiger partial charge is 0.480 e. The van der Waals surface area contributed by atoms with Gasteiger partial charge < -0.3 is 10.0 Å². The fourth-order valence-electron chi connectivity index (χ4n) is 2.44. The van der Waals surface area contributed by atoms with Gasteiger partial charge in [0.25, 0.3) is 0 Å². The fourth-order valence-corrected chi connectivity index (χ4v) is 2.44. The first kappa shape index (κ1) is 20.7. The Balaban J connectivity index is 3.93. The van der Waals surface area contributed by atoms with Crippen molar-refractivity contribution in [1.29, 1.82) is 0 Å². The number of unbranched alkanes of at least 4 members (excludes halogenated alkanes) is 8. The van der Waals surface area contributed by atoms with Crippen LogP contribution in [0.2, 0.25) is 0 Å². The summed E-state index contributed by atoms with van der Waals surface area (Å²) in [4.78, 5) is 24.5. The third kappa shape index (κ3) is 12.4. The topological polar surface area (TPSA) is 57.6 Å². The molecule has 4 heteroatoms. The molecule has 0 aromatic heterocycles. The molecule has 1 amide bonds. The van der Waals surface area contributed by atoms with E-state index in [1.54, 1.807) is 0 Å². The molecule has 0 spiro atoms. The molecule has 0 aromatic carbocycles. The molecule has 0 aromatic rings. The normalized spacial score (nSPS) is 10.4. The van der Waals surface area contributed by atoms with Gasteiger partial charge in [0, 0.05) is 13.0 Å². The van der Waals surface area contributed by atoms with E-state index in [2.05, 4.69) is 13.5 Å². The molecule has 0 aliphatic rings. The van der Waals surface area contributed by atoms with Crippen molar-refractivity contribution in [2.75, 3.05) is 13.1 Å². The lowest BCUT2D eigenvalue weighted by Gasteiger charge is -2.20. The Bertz CT molecular complexity index is 315. The molecule has 0 atom stereocenters. The van der Waals surface area contributed by atoms with Crippen LogP contribution >= 0.6 is 0 Å². The molecule has 0 aliphatic carbocycles. The van der Waals surface area contributed by atoms with Crippen LogP contribution < -0.4 is 0 Å². The van der Waals surface area contributed by atoms with E-state index in [-0.39, 0.29) is 12.5 Å². The van der Waals surface area contributed by atoms with Crippen LogP contribution in [-0.4, -0.2) is 35.0 Å². The summed E-state index contributed by atoms with van der Waals surface area (Å²) in [5.74, 6) is -0.958. The van der Waals surface area contributed by atoms with Gasteiger partial charge in [0.1, 0.15) is 6.54 Å². The average molecular weight is 311 g/mol. The van der Waals surface area contributed by atoms with E-state index < -0.39 is 5.97 Å². The Labute approximate surface area is 135 Å². The van der Waals surface area contributed by atoms with Crippen molar-refractivity contribution in [2.45, 2.75) is 77.6 Å². The van der Waals surface area contributed by atoms with Crippen molar-refractivity contribution >= 4 is 11.9 Å². The zero-order valence-corrected chi connectivity index (χ0v) is 14.2. The van der Waals surface area contributed by atoms with E-state index in [0.29, 0.717) is 13.0 Å². The predicted octanol–water partition coefficient (Wildman–Crippen LogP) is 4.40. The second kappa shape index (κ2) is 14.6. The van der Waals surface area contributed by atoms with E-state index in [1.165, 1.54) is 37.0 Å². The van der Waals surface area contributed by atoms with Gasteiger partial charge in [-0.15, -0.1) is 6.58 Å². The molecule has 128 valence electrons. The summed E-state index contributed by atoms with van der Waals surface area (Å²) in [5, 5.41) is 8.94. The molecule has 0 unspecified atom stereocenters. The minimum absolute atomic E-state index is 0.0301. The average Bonchev–Trinajstić information content (AvgIpc) is 2.49. The smallest absolute Gasteiger partial charge is 0.323 e. The fraction of sp³-hybridized carbons (Fsp3) is 0.778. The lowest BCUT2D eigenvalue weighted by Crippen LogP contribution is -2.36. The van der Waals surface area contributed by atoms with Gasteiger partial charge in [-0.3, -0.25) is 9.59 Å². The lowest BCUT2D eigenvalue weighted by atomic mass is 10.1. The van der Waals surface area contributed by atoms with E-state index in [1.807, 2.05) is 6.08 Å². The summed E-state index contributed by atoms with van der Waals surface area (Å²) in [6.07, 6.45) is 13.1. The predicted molar refractivity (Wildman–Crippen MR) is 90.9 cm³/mol. The van der Waals surface area contributed by atoms with Gasteiger partial charge >= 0.3 is 5.97 Å². The van der Waals surface area contributed by atoms with Crippen LogP contribution in [0.15, 0.2) is 12.7 Å². The van der Waals surface area contributed by atoms with Gasteiger partial charge in [-0.25, -0.2) is 0 Å². The molecular weight excluding hydrogens is 278 g/mol. The maximum absolute atomic E-state index is 12.1. The number of nitrogens with zero attached hydrogens (tertiary/aromatic N) is 1. The highest BCUT2D eigenvalue weighted by molar-refractivity contribution is 5.81. The summed E-state index contributed by atoms with van der Waals surface area (Å²) in [6, 6.07) is 0. The number of rotatable bonds is 15. The highest BCUT2D eigenvalue weighted by atomic mass is 16.4. The van der Waals surface area contributed by atoms with Gasteiger partial charge in [0.2, 0.25) is 5.91 Å². The Kier molecular flexibility index (Phi) is 13.7. The van der Waals surface area contributed by atoms with Crippen molar-refractivity contribution in [1.82, 2.24) is 4.90 Å². The number of carbonyl (C=O) groups excluding carboxylic acids is 1. The quantitative estimate of drug-likeness (QED) is 0.360. The summed E-state index contributed by atoms with van der Waals surface area (Å²) in [7, 11) is 0. The minimum atomic E-state index is -0.928. The molecule has 0 radical (unpaired) electrons. The number of amides is 1. The van der Waals surface area contributed by atoms with Crippen LogP contribution in [0, 0.1) is 0 Å². The SMILES string of the molecule is C=CCCCCC(=O)N(CCCCCCCCC)CC(=O)O. The Hall–Kier alpha value is -1.32. The number of allylic oxidation sites excluding steroid dienone is 1. The number of aliphatic carboxylic acids is 1. The Morgan fingerprint density at radius 2 is 1.64 bits per heavy atom. The third-order valence-electron chi connectivity index (χ3n) is 3.76. The molecule has 0 fully saturated rings. The van der Waals surface area contributed by atoms with E-state index in [0.717, 1.165) is 32.1 Å². The van der Waals surface area contributed by atoms with Crippen LogP contribution in [0.4, 0.5) is 0 Å². The first-order valence-electron chi connectivity index (χ1n) is 8.72. The van der Waals surface area contributed by atoms with Gasteiger partial charge in [0.05, 0.1) is 0 Å². The number of hydrogen-bond donors (Lipinski definition) is 1. The van der Waals surface area contributed by atoms with Crippen LogP contribution in [0.1, 0.15) is 77.6 Å². The third-order valence-corrected chi connectivity index (χ3v) is 3.76. The maximum atomic E-state index is 12.1. The highest BCUT2D eigenvalue weighted by Gasteiger charge is 2.15. The standard InChI is InChI=1S/C18H33NO3/c1-3-5-7-9-10-11-13-15-19(16-18(21)22)17(20)14-12-8-6-4-2/h4H,2-3,5-16H2,1H3,(H,21,22). The second-order valence-corrected chi connectivity index (χ2v) is 5.86. The van der Waals surface area contributed by atoms with Crippen molar-refractivity contribution in [3.63, 3.8) is 0 Å². The molecular formula is C18H33NO3.